The van der Waals surface area contributed by atoms with Gasteiger partial charge in [-0.25, -0.2) is 4.98 Å². The summed E-state index contributed by atoms with van der Waals surface area (Å²) < 4.78 is 6.87. The maximum absolute atomic E-state index is 12.8. The summed E-state index contributed by atoms with van der Waals surface area (Å²) >= 11 is 5.45. The summed E-state index contributed by atoms with van der Waals surface area (Å²) in [6.45, 7) is 3.58. The molecule has 1 aliphatic heterocycles. The zero-order valence-electron chi connectivity index (χ0n) is 22.6. The summed E-state index contributed by atoms with van der Waals surface area (Å²) in [6.07, 6.45) is 5.12. The molecule has 0 bridgehead atoms. The highest BCUT2D eigenvalue weighted by molar-refractivity contribution is 9.10. The third-order valence-electron chi connectivity index (χ3n) is 7.69. The first-order chi connectivity index (χ1) is 19.1. The summed E-state index contributed by atoms with van der Waals surface area (Å²) in [5.41, 5.74) is 2.51. The largest absolute Gasteiger partial charge is 0.481 e. The molecule has 204 valence electrons. The number of rotatable bonds is 11. The van der Waals surface area contributed by atoms with Crippen LogP contribution in [0.5, 0.6) is 5.88 Å². The topological polar surface area (TPSA) is 45.6 Å². The SMILES string of the molecule is COc1nc2ccc(Br)cc2cc1C(c1ccccc1)C(O)(CSCCCN1CCCCC1)c1ccccc1. The predicted molar refractivity (Wildman–Crippen MR) is 167 cm³/mol. The highest BCUT2D eigenvalue weighted by Gasteiger charge is 2.42. The first kappa shape index (κ1) is 28.2. The molecule has 1 fully saturated rings. The van der Waals surface area contributed by atoms with Crippen LogP contribution in [-0.2, 0) is 5.60 Å². The van der Waals surface area contributed by atoms with E-state index in [-0.39, 0.29) is 5.92 Å². The lowest BCUT2D eigenvalue weighted by molar-refractivity contribution is 0.0436. The van der Waals surface area contributed by atoms with Gasteiger partial charge >= 0.3 is 0 Å². The molecule has 0 radical (unpaired) electrons. The number of thioether (sulfide) groups is 1. The number of piperidine rings is 1. The number of aromatic nitrogens is 1. The first-order valence-corrected chi connectivity index (χ1v) is 15.8. The molecule has 0 amide bonds. The molecule has 0 aliphatic carbocycles. The fourth-order valence-electron chi connectivity index (χ4n) is 5.74. The predicted octanol–water partition coefficient (Wildman–Crippen LogP) is 7.63. The van der Waals surface area contributed by atoms with Crippen LogP contribution < -0.4 is 4.74 Å². The van der Waals surface area contributed by atoms with Gasteiger partial charge < -0.3 is 14.7 Å². The Kier molecular flexibility index (Phi) is 9.62. The maximum Gasteiger partial charge on any atom is 0.217 e. The number of fused-ring (bicyclic) bond motifs is 1. The Bertz CT molecular complexity index is 1350. The van der Waals surface area contributed by atoms with Gasteiger partial charge in [-0.1, -0.05) is 83.0 Å². The van der Waals surface area contributed by atoms with Crippen LogP contribution in [0.2, 0.25) is 0 Å². The van der Waals surface area contributed by atoms with E-state index in [1.54, 1.807) is 7.11 Å². The fourth-order valence-corrected chi connectivity index (χ4v) is 7.24. The summed E-state index contributed by atoms with van der Waals surface area (Å²) in [5.74, 6) is 1.74. The van der Waals surface area contributed by atoms with Crippen LogP contribution in [0.1, 0.15) is 48.3 Å². The quantitative estimate of drug-likeness (QED) is 0.178. The van der Waals surface area contributed by atoms with Crippen LogP contribution in [0.25, 0.3) is 10.9 Å². The number of aliphatic hydroxyl groups is 1. The number of likely N-dealkylation sites (tertiary alicyclic amines) is 1. The lowest BCUT2D eigenvalue weighted by Gasteiger charge is -2.38. The molecule has 2 atom stereocenters. The molecule has 0 spiro atoms. The van der Waals surface area contributed by atoms with E-state index in [1.165, 1.54) is 32.4 Å². The molecule has 6 heteroatoms. The van der Waals surface area contributed by atoms with E-state index in [2.05, 4.69) is 45.1 Å². The average Bonchev–Trinajstić information content (AvgIpc) is 2.98. The van der Waals surface area contributed by atoms with E-state index in [0.29, 0.717) is 11.6 Å². The molecular weight excluding hydrogens is 568 g/mol. The van der Waals surface area contributed by atoms with Gasteiger partial charge in [-0.2, -0.15) is 11.8 Å². The summed E-state index contributed by atoms with van der Waals surface area (Å²) in [4.78, 5) is 7.47. The Morgan fingerprint density at radius 1 is 0.974 bits per heavy atom. The van der Waals surface area contributed by atoms with Crippen LogP contribution in [0, 0.1) is 0 Å². The first-order valence-electron chi connectivity index (χ1n) is 13.9. The highest BCUT2D eigenvalue weighted by Crippen LogP contribution is 2.47. The number of nitrogens with zero attached hydrogens (tertiary/aromatic N) is 2. The van der Waals surface area contributed by atoms with Gasteiger partial charge in [0.15, 0.2) is 0 Å². The molecule has 1 aliphatic rings. The zero-order valence-corrected chi connectivity index (χ0v) is 25.0. The monoisotopic (exact) mass is 604 g/mol. The third kappa shape index (κ3) is 6.68. The van der Waals surface area contributed by atoms with Crippen molar-refractivity contribution < 1.29 is 9.84 Å². The summed E-state index contributed by atoms with van der Waals surface area (Å²) in [7, 11) is 1.66. The van der Waals surface area contributed by atoms with E-state index in [4.69, 9.17) is 9.72 Å². The van der Waals surface area contributed by atoms with Gasteiger partial charge in [-0.3, -0.25) is 0 Å². The Morgan fingerprint density at radius 3 is 2.41 bits per heavy atom. The summed E-state index contributed by atoms with van der Waals surface area (Å²) in [5, 5.41) is 13.8. The van der Waals surface area contributed by atoms with Crippen LogP contribution in [0.15, 0.2) is 89.4 Å². The van der Waals surface area contributed by atoms with Gasteiger partial charge in [-0.05, 0) is 80.0 Å². The molecule has 39 heavy (non-hydrogen) atoms. The van der Waals surface area contributed by atoms with E-state index in [1.807, 2.05) is 72.4 Å². The molecule has 2 unspecified atom stereocenters. The van der Waals surface area contributed by atoms with Gasteiger partial charge in [0.05, 0.1) is 12.6 Å². The second kappa shape index (κ2) is 13.3. The number of hydrogen-bond donors (Lipinski definition) is 1. The van der Waals surface area contributed by atoms with Crippen molar-refractivity contribution >= 4 is 38.6 Å². The van der Waals surface area contributed by atoms with Crippen molar-refractivity contribution in [3.63, 3.8) is 0 Å². The normalized spacial score (nSPS) is 16.6. The van der Waals surface area contributed by atoms with E-state index >= 15 is 0 Å². The molecule has 1 saturated heterocycles. The van der Waals surface area contributed by atoms with Gasteiger partial charge in [0.1, 0.15) is 5.60 Å². The second-order valence-electron chi connectivity index (χ2n) is 10.4. The third-order valence-corrected chi connectivity index (χ3v) is 9.41. The number of methoxy groups -OCH3 is 1. The molecule has 4 nitrogen and oxygen atoms in total. The van der Waals surface area contributed by atoms with Crippen LogP contribution in [-0.4, -0.2) is 53.2 Å². The standard InChI is InChI=1S/C33H37BrN2O2S/c1-38-32-29(23-26-22-28(34)16-17-30(26)35-32)31(25-12-5-2-6-13-25)33(37,27-14-7-3-8-15-27)24-39-21-11-20-36-18-9-4-10-19-36/h2-3,5-8,12-17,22-23,31,37H,4,9-11,18-21,24H2,1H3. The number of pyridine rings is 1. The van der Waals surface area contributed by atoms with Gasteiger partial charge in [-0.15, -0.1) is 0 Å². The number of hydrogen-bond acceptors (Lipinski definition) is 5. The molecule has 0 saturated carbocycles. The van der Waals surface area contributed by atoms with Gasteiger partial charge in [0.2, 0.25) is 5.88 Å². The molecule has 1 aromatic heterocycles. The van der Waals surface area contributed by atoms with Crippen molar-refractivity contribution in [2.45, 2.75) is 37.2 Å². The fraction of sp³-hybridized carbons (Fsp3) is 0.364. The van der Waals surface area contributed by atoms with Crippen molar-refractivity contribution in [1.82, 2.24) is 9.88 Å². The molecule has 4 aromatic rings. The molecule has 1 N–H and O–H groups in total. The molecule has 5 rings (SSSR count). The Morgan fingerprint density at radius 2 is 1.69 bits per heavy atom. The van der Waals surface area contributed by atoms with Crippen LogP contribution in [0.3, 0.4) is 0 Å². The maximum atomic E-state index is 12.8. The highest BCUT2D eigenvalue weighted by atomic mass is 79.9. The van der Waals surface area contributed by atoms with E-state index < -0.39 is 5.60 Å². The second-order valence-corrected chi connectivity index (χ2v) is 12.4. The smallest absolute Gasteiger partial charge is 0.217 e. The molecule has 3 aromatic carbocycles. The van der Waals surface area contributed by atoms with Crippen molar-refractivity contribution in [1.29, 1.82) is 0 Å². The van der Waals surface area contributed by atoms with Crippen molar-refractivity contribution in [2.75, 3.05) is 38.2 Å². The number of benzene rings is 3. The van der Waals surface area contributed by atoms with Gasteiger partial charge in [0.25, 0.3) is 0 Å². The minimum absolute atomic E-state index is 0.374. The lowest BCUT2D eigenvalue weighted by atomic mass is 9.74. The average molecular weight is 606 g/mol. The van der Waals surface area contributed by atoms with Crippen molar-refractivity contribution in [3.8, 4) is 5.88 Å². The minimum atomic E-state index is -1.17. The number of halogens is 1. The van der Waals surface area contributed by atoms with E-state index in [0.717, 1.165) is 50.8 Å². The van der Waals surface area contributed by atoms with E-state index in [9.17, 15) is 5.11 Å². The van der Waals surface area contributed by atoms with Crippen LogP contribution >= 0.6 is 27.7 Å². The van der Waals surface area contributed by atoms with Crippen molar-refractivity contribution in [2.24, 2.45) is 0 Å². The Balaban J connectivity index is 1.53. The Labute approximate surface area is 244 Å². The van der Waals surface area contributed by atoms with Gasteiger partial charge in [0, 0.05) is 27.1 Å². The Hall–Kier alpha value is -2.38. The van der Waals surface area contributed by atoms with Crippen molar-refractivity contribution in [3.05, 3.63) is 106 Å². The number of ether oxygens (including phenoxy) is 1. The lowest BCUT2D eigenvalue weighted by Crippen LogP contribution is -2.37. The summed E-state index contributed by atoms with van der Waals surface area (Å²) in [6, 6.07) is 28.6. The van der Waals surface area contributed by atoms with Crippen LogP contribution in [0.4, 0.5) is 0 Å². The molecule has 2 heterocycles. The molecular formula is C33H37BrN2O2S. The zero-order chi connectivity index (χ0) is 27.1. The minimum Gasteiger partial charge on any atom is -0.481 e.